The molecule has 34 heavy (non-hydrogen) atoms. The summed E-state index contributed by atoms with van der Waals surface area (Å²) >= 11 is 0. The summed E-state index contributed by atoms with van der Waals surface area (Å²) < 4.78 is 0. The van der Waals surface area contributed by atoms with Crippen LogP contribution in [0.5, 0.6) is 0 Å². The molecule has 3 atom stereocenters. The molecule has 186 valence electrons. The molecule has 0 aromatic heterocycles. The van der Waals surface area contributed by atoms with Crippen LogP contribution in [-0.2, 0) is 35.2 Å². The molecule has 0 radical (unpaired) electrons. The summed E-state index contributed by atoms with van der Waals surface area (Å²) in [7, 11) is 0. The van der Waals surface area contributed by atoms with E-state index in [1.807, 2.05) is 0 Å². The summed E-state index contributed by atoms with van der Waals surface area (Å²) in [5.41, 5.74) is 6.30. The van der Waals surface area contributed by atoms with E-state index in [0.717, 1.165) is 0 Å². The predicted octanol–water partition coefficient (Wildman–Crippen LogP) is -1.54. The van der Waals surface area contributed by atoms with Gasteiger partial charge in [-0.25, -0.2) is 0 Å². The molecule has 3 amide bonds. The Hall–Kier alpha value is -4.00. The number of rotatable bonds is 15. The second-order valence-electron chi connectivity index (χ2n) is 7.39. The molecule has 0 aliphatic carbocycles. The van der Waals surface area contributed by atoms with Crippen LogP contribution in [0, 0.1) is 0 Å². The fraction of sp³-hybridized carbons (Fsp3) is 0.429. The number of amides is 3. The van der Waals surface area contributed by atoms with E-state index in [4.69, 9.17) is 21.1 Å². The maximum absolute atomic E-state index is 12.9. The highest BCUT2D eigenvalue weighted by molar-refractivity contribution is 5.94. The number of benzene rings is 1. The predicted molar refractivity (Wildman–Crippen MR) is 116 cm³/mol. The number of carboxylic acid groups (broad SMARTS) is 3. The maximum atomic E-state index is 12.9. The van der Waals surface area contributed by atoms with Crippen LogP contribution in [0.3, 0.4) is 0 Å². The number of nitrogens with two attached hydrogens (primary N) is 1. The quantitative estimate of drug-likeness (QED) is 0.153. The third-order valence-electron chi connectivity index (χ3n) is 4.62. The Morgan fingerprint density at radius 1 is 0.735 bits per heavy atom. The minimum absolute atomic E-state index is 0.00421. The minimum Gasteiger partial charge on any atom is -0.481 e. The molecule has 1 aromatic rings. The maximum Gasteiger partial charge on any atom is 0.322 e. The second kappa shape index (κ2) is 14.2. The van der Waals surface area contributed by atoms with Gasteiger partial charge in [-0.1, -0.05) is 30.3 Å². The van der Waals surface area contributed by atoms with Gasteiger partial charge in [0, 0.05) is 19.3 Å². The number of hydrogen-bond acceptors (Lipinski definition) is 7. The van der Waals surface area contributed by atoms with E-state index in [0.29, 0.717) is 5.56 Å². The molecule has 13 heteroatoms. The summed E-state index contributed by atoms with van der Waals surface area (Å²) in [6.07, 6.45) is -1.41. The highest BCUT2D eigenvalue weighted by Gasteiger charge is 2.29. The fourth-order valence-corrected chi connectivity index (χ4v) is 2.84. The first kappa shape index (κ1) is 28.0. The smallest absolute Gasteiger partial charge is 0.322 e. The number of aliphatic carboxylic acids is 3. The first-order valence-electron chi connectivity index (χ1n) is 10.3. The van der Waals surface area contributed by atoms with Gasteiger partial charge in [0.1, 0.15) is 18.6 Å². The van der Waals surface area contributed by atoms with E-state index >= 15 is 0 Å². The molecule has 0 saturated heterocycles. The molecule has 1 aromatic carbocycles. The van der Waals surface area contributed by atoms with Crippen LogP contribution in [0.15, 0.2) is 30.3 Å². The van der Waals surface area contributed by atoms with Crippen molar-refractivity contribution in [3.05, 3.63) is 35.9 Å². The lowest BCUT2D eigenvalue weighted by atomic mass is 10.0. The lowest BCUT2D eigenvalue weighted by molar-refractivity contribution is -0.139. The number of carbonyl (C=O) groups excluding carboxylic acids is 3. The third-order valence-corrected chi connectivity index (χ3v) is 4.62. The second-order valence-corrected chi connectivity index (χ2v) is 7.39. The molecule has 0 fully saturated rings. The van der Waals surface area contributed by atoms with Crippen molar-refractivity contribution >= 4 is 35.6 Å². The van der Waals surface area contributed by atoms with Crippen molar-refractivity contribution in [2.24, 2.45) is 5.73 Å². The van der Waals surface area contributed by atoms with Gasteiger partial charge in [0.25, 0.3) is 0 Å². The summed E-state index contributed by atoms with van der Waals surface area (Å²) in [6.45, 7) is -0.683. The van der Waals surface area contributed by atoms with Gasteiger partial charge in [-0.3, -0.25) is 28.8 Å². The molecule has 0 saturated carbocycles. The van der Waals surface area contributed by atoms with E-state index in [1.165, 1.54) is 0 Å². The van der Waals surface area contributed by atoms with Gasteiger partial charge < -0.3 is 37.0 Å². The van der Waals surface area contributed by atoms with Crippen molar-refractivity contribution in [2.75, 3.05) is 6.54 Å². The lowest BCUT2D eigenvalue weighted by Crippen LogP contribution is -2.56. The third kappa shape index (κ3) is 11.0. The van der Waals surface area contributed by atoms with Crippen LogP contribution in [0.2, 0.25) is 0 Å². The Kier molecular flexibility index (Phi) is 11.7. The standard InChI is InChI=1S/C21H28N4O9/c22-13(6-8-16(26)27)19(32)24-14(7-9-17(28)29)21(34)25-15(20(33)23-11-18(30)31)10-12-4-2-1-3-5-12/h1-5,13-15H,6-11,22H2,(H,23,33)(H,24,32)(H,25,34)(H,26,27)(H,28,29)(H,30,31). The zero-order valence-electron chi connectivity index (χ0n) is 18.2. The average molecular weight is 480 g/mol. The van der Waals surface area contributed by atoms with E-state index in [1.54, 1.807) is 30.3 Å². The van der Waals surface area contributed by atoms with Crippen molar-refractivity contribution in [3.63, 3.8) is 0 Å². The van der Waals surface area contributed by atoms with Crippen LogP contribution >= 0.6 is 0 Å². The minimum atomic E-state index is -1.38. The van der Waals surface area contributed by atoms with Crippen LogP contribution in [0.25, 0.3) is 0 Å². The summed E-state index contributed by atoms with van der Waals surface area (Å²) in [4.78, 5) is 70.1. The Balaban J connectivity index is 2.98. The number of carboxylic acids is 3. The molecular weight excluding hydrogens is 452 g/mol. The summed E-state index contributed by atoms with van der Waals surface area (Å²) in [5, 5.41) is 33.4. The highest BCUT2D eigenvalue weighted by Crippen LogP contribution is 2.06. The molecule has 8 N–H and O–H groups in total. The van der Waals surface area contributed by atoms with E-state index in [2.05, 4.69) is 16.0 Å². The highest BCUT2D eigenvalue weighted by atomic mass is 16.4. The fourth-order valence-electron chi connectivity index (χ4n) is 2.84. The van der Waals surface area contributed by atoms with Crippen LogP contribution in [0.4, 0.5) is 0 Å². The molecule has 0 spiro atoms. The van der Waals surface area contributed by atoms with Gasteiger partial charge in [-0.2, -0.15) is 0 Å². The van der Waals surface area contributed by atoms with Gasteiger partial charge in [-0.05, 0) is 18.4 Å². The average Bonchev–Trinajstić information content (AvgIpc) is 2.78. The number of carbonyl (C=O) groups is 6. The van der Waals surface area contributed by atoms with E-state index in [-0.39, 0.29) is 25.7 Å². The van der Waals surface area contributed by atoms with Crippen LogP contribution in [0.1, 0.15) is 31.2 Å². The van der Waals surface area contributed by atoms with Gasteiger partial charge in [0.05, 0.1) is 6.04 Å². The van der Waals surface area contributed by atoms with Crippen molar-refractivity contribution in [1.29, 1.82) is 0 Å². The number of nitrogens with one attached hydrogen (secondary N) is 3. The van der Waals surface area contributed by atoms with Crippen molar-refractivity contribution in [1.82, 2.24) is 16.0 Å². The molecule has 0 heterocycles. The Labute approximate surface area is 194 Å². The largest absolute Gasteiger partial charge is 0.481 e. The number of hydrogen-bond donors (Lipinski definition) is 7. The first-order chi connectivity index (χ1) is 16.0. The Morgan fingerprint density at radius 2 is 1.29 bits per heavy atom. The monoisotopic (exact) mass is 480 g/mol. The van der Waals surface area contributed by atoms with Gasteiger partial charge >= 0.3 is 17.9 Å². The summed E-state index contributed by atoms with van der Waals surface area (Å²) in [5.74, 6) is -6.23. The van der Waals surface area contributed by atoms with E-state index in [9.17, 15) is 28.8 Å². The van der Waals surface area contributed by atoms with Crippen molar-refractivity contribution in [2.45, 2.75) is 50.2 Å². The Morgan fingerprint density at radius 3 is 1.85 bits per heavy atom. The lowest BCUT2D eigenvalue weighted by Gasteiger charge is -2.24. The molecule has 0 aliphatic rings. The molecule has 1 rings (SSSR count). The van der Waals surface area contributed by atoms with Crippen LogP contribution in [-0.4, -0.2) is 75.6 Å². The van der Waals surface area contributed by atoms with Gasteiger partial charge in [0.2, 0.25) is 17.7 Å². The van der Waals surface area contributed by atoms with Crippen molar-refractivity contribution in [3.8, 4) is 0 Å². The molecule has 0 bridgehead atoms. The zero-order valence-corrected chi connectivity index (χ0v) is 18.2. The Bertz CT molecular complexity index is 891. The van der Waals surface area contributed by atoms with Gasteiger partial charge in [-0.15, -0.1) is 0 Å². The van der Waals surface area contributed by atoms with Crippen molar-refractivity contribution < 1.29 is 44.1 Å². The molecule has 0 aliphatic heterocycles. The molecule has 13 nitrogen and oxygen atoms in total. The molecule has 3 unspecified atom stereocenters. The zero-order chi connectivity index (χ0) is 25.7. The topological polar surface area (TPSA) is 225 Å². The first-order valence-corrected chi connectivity index (χ1v) is 10.3. The van der Waals surface area contributed by atoms with E-state index < -0.39 is 66.7 Å². The van der Waals surface area contributed by atoms with Gasteiger partial charge in [0.15, 0.2) is 0 Å². The van der Waals surface area contributed by atoms with Crippen LogP contribution < -0.4 is 21.7 Å². The molecular formula is C21H28N4O9. The SMILES string of the molecule is NC(CCC(=O)O)C(=O)NC(CCC(=O)O)C(=O)NC(Cc1ccccc1)C(=O)NCC(=O)O. The normalized spacial score (nSPS) is 13.1. The summed E-state index contributed by atoms with van der Waals surface area (Å²) in [6, 6.07) is 4.67.